The van der Waals surface area contributed by atoms with Crippen molar-refractivity contribution in [2.75, 3.05) is 0 Å². The molecule has 0 aliphatic rings. The Labute approximate surface area is 80.0 Å². The van der Waals surface area contributed by atoms with Crippen molar-refractivity contribution in [2.45, 2.75) is 12.8 Å². The number of rotatable bonds is 3. The first-order chi connectivity index (χ1) is 6.77. The normalized spacial score (nSPS) is 10.6. The van der Waals surface area contributed by atoms with Crippen LogP contribution in [0.5, 0.6) is 0 Å². The monoisotopic (exact) mass is 191 g/mol. The van der Waals surface area contributed by atoms with Crippen LogP contribution in [0.25, 0.3) is 5.65 Å². The van der Waals surface area contributed by atoms with E-state index in [2.05, 4.69) is 9.97 Å². The molecular weight excluding hydrogens is 182 g/mol. The summed E-state index contributed by atoms with van der Waals surface area (Å²) in [5, 5.41) is 8.54. The number of fused-ring (bicyclic) bond motifs is 1. The molecule has 2 rings (SSSR count). The van der Waals surface area contributed by atoms with Crippen LogP contribution in [-0.4, -0.2) is 25.4 Å². The molecule has 5 heteroatoms. The topological polar surface area (TPSA) is 67.5 Å². The molecule has 0 amide bonds. The fraction of sp³-hybridized carbons (Fsp3) is 0.222. The lowest BCUT2D eigenvalue weighted by Gasteiger charge is -1.97. The number of aromatic nitrogens is 3. The molecule has 0 unspecified atom stereocenters. The highest BCUT2D eigenvalue weighted by Gasteiger charge is 2.04. The minimum Gasteiger partial charge on any atom is -0.481 e. The van der Waals surface area contributed by atoms with Crippen LogP contribution < -0.4 is 0 Å². The van der Waals surface area contributed by atoms with E-state index in [1.165, 1.54) is 0 Å². The average molecular weight is 191 g/mol. The highest BCUT2D eigenvalue weighted by molar-refractivity contribution is 5.67. The number of carbonyl (C=O) groups is 1. The van der Waals surface area contributed by atoms with Gasteiger partial charge in [0, 0.05) is 30.7 Å². The largest absolute Gasteiger partial charge is 0.481 e. The molecule has 1 N–H and O–H groups in total. The molecule has 0 atom stereocenters. The van der Waals surface area contributed by atoms with Crippen molar-refractivity contribution in [1.82, 2.24) is 14.4 Å². The summed E-state index contributed by atoms with van der Waals surface area (Å²) in [4.78, 5) is 18.4. The van der Waals surface area contributed by atoms with Crippen molar-refractivity contribution in [3.8, 4) is 0 Å². The van der Waals surface area contributed by atoms with E-state index in [0.717, 1.165) is 11.3 Å². The van der Waals surface area contributed by atoms with E-state index >= 15 is 0 Å². The Morgan fingerprint density at radius 1 is 1.50 bits per heavy atom. The number of hydrogen-bond acceptors (Lipinski definition) is 3. The van der Waals surface area contributed by atoms with Crippen LogP contribution in [-0.2, 0) is 11.2 Å². The zero-order chi connectivity index (χ0) is 9.97. The van der Waals surface area contributed by atoms with Crippen molar-refractivity contribution in [1.29, 1.82) is 0 Å². The lowest BCUT2D eigenvalue weighted by molar-refractivity contribution is -0.136. The van der Waals surface area contributed by atoms with Gasteiger partial charge >= 0.3 is 5.97 Å². The Morgan fingerprint density at radius 3 is 3.14 bits per heavy atom. The van der Waals surface area contributed by atoms with Crippen molar-refractivity contribution < 1.29 is 9.90 Å². The third kappa shape index (κ3) is 1.56. The third-order valence-corrected chi connectivity index (χ3v) is 1.99. The van der Waals surface area contributed by atoms with Gasteiger partial charge in [-0.25, -0.2) is 4.98 Å². The van der Waals surface area contributed by atoms with Gasteiger partial charge in [0.05, 0.1) is 12.6 Å². The summed E-state index contributed by atoms with van der Waals surface area (Å²) in [5.74, 6) is -0.797. The summed E-state index contributed by atoms with van der Waals surface area (Å²) in [6.45, 7) is 0. The van der Waals surface area contributed by atoms with Crippen LogP contribution in [0.1, 0.15) is 12.1 Å². The summed E-state index contributed by atoms with van der Waals surface area (Å²) < 4.78 is 1.84. The number of aryl methyl sites for hydroxylation is 1. The quantitative estimate of drug-likeness (QED) is 0.777. The second-order valence-corrected chi connectivity index (χ2v) is 2.95. The van der Waals surface area contributed by atoms with Gasteiger partial charge in [0.1, 0.15) is 0 Å². The standard InChI is InChI=1S/C9H9N3O2/c13-9(14)2-1-7-5-11-8-6-10-3-4-12(7)8/h3-6H,1-2H2,(H,13,14). The van der Waals surface area contributed by atoms with Crippen LogP contribution in [0.15, 0.2) is 24.8 Å². The van der Waals surface area contributed by atoms with Crippen molar-refractivity contribution >= 4 is 11.6 Å². The molecule has 0 aliphatic heterocycles. The first-order valence-corrected chi connectivity index (χ1v) is 4.25. The van der Waals surface area contributed by atoms with Crippen LogP contribution in [0, 0.1) is 0 Å². The molecule has 2 heterocycles. The smallest absolute Gasteiger partial charge is 0.303 e. The van der Waals surface area contributed by atoms with Gasteiger partial charge < -0.3 is 9.51 Å². The molecule has 14 heavy (non-hydrogen) atoms. The van der Waals surface area contributed by atoms with Crippen LogP contribution >= 0.6 is 0 Å². The van der Waals surface area contributed by atoms with Gasteiger partial charge in [0.25, 0.3) is 0 Å². The molecule has 2 aromatic rings. The van der Waals surface area contributed by atoms with Crippen LogP contribution in [0.3, 0.4) is 0 Å². The summed E-state index contributed by atoms with van der Waals surface area (Å²) >= 11 is 0. The zero-order valence-electron chi connectivity index (χ0n) is 7.42. The molecular formula is C9H9N3O2. The van der Waals surface area contributed by atoms with Gasteiger partial charge in [-0.15, -0.1) is 0 Å². The molecule has 0 radical (unpaired) electrons. The van der Waals surface area contributed by atoms with E-state index in [-0.39, 0.29) is 6.42 Å². The maximum Gasteiger partial charge on any atom is 0.303 e. The fourth-order valence-corrected chi connectivity index (χ4v) is 1.31. The Balaban J connectivity index is 2.29. The van der Waals surface area contributed by atoms with Gasteiger partial charge in [0.2, 0.25) is 0 Å². The first-order valence-electron chi connectivity index (χ1n) is 4.25. The molecule has 0 aromatic carbocycles. The number of aliphatic carboxylic acids is 1. The minimum absolute atomic E-state index is 0.121. The molecule has 0 fully saturated rings. The molecule has 2 aromatic heterocycles. The number of hydrogen-bond donors (Lipinski definition) is 1. The van der Waals surface area contributed by atoms with Crippen molar-refractivity contribution in [3.05, 3.63) is 30.5 Å². The lowest BCUT2D eigenvalue weighted by atomic mass is 10.2. The molecule has 5 nitrogen and oxygen atoms in total. The Hall–Kier alpha value is -1.91. The second-order valence-electron chi connectivity index (χ2n) is 2.95. The van der Waals surface area contributed by atoms with E-state index in [9.17, 15) is 4.79 Å². The van der Waals surface area contributed by atoms with Gasteiger partial charge in [0.15, 0.2) is 5.65 Å². The van der Waals surface area contributed by atoms with Gasteiger partial charge in [-0.3, -0.25) is 9.78 Å². The number of carboxylic acids is 1. The summed E-state index contributed by atoms with van der Waals surface area (Å²) in [5.41, 5.74) is 1.64. The van der Waals surface area contributed by atoms with E-state index in [4.69, 9.17) is 5.11 Å². The Morgan fingerprint density at radius 2 is 2.36 bits per heavy atom. The number of nitrogens with zero attached hydrogens (tertiary/aromatic N) is 3. The first kappa shape index (κ1) is 8.68. The van der Waals surface area contributed by atoms with E-state index < -0.39 is 5.97 Å². The van der Waals surface area contributed by atoms with Gasteiger partial charge in [-0.1, -0.05) is 0 Å². The average Bonchev–Trinajstić information content (AvgIpc) is 2.58. The molecule has 0 aliphatic carbocycles. The third-order valence-electron chi connectivity index (χ3n) is 1.99. The lowest BCUT2D eigenvalue weighted by Crippen LogP contribution is -2.00. The highest BCUT2D eigenvalue weighted by atomic mass is 16.4. The summed E-state index contributed by atoms with van der Waals surface area (Å²) in [6.07, 6.45) is 7.36. The molecule has 72 valence electrons. The number of imidazole rings is 1. The zero-order valence-corrected chi connectivity index (χ0v) is 7.42. The maximum atomic E-state index is 10.4. The fourth-order valence-electron chi connectivity index (χ4n) is 1.31. The van der Waals surface area contributed by atoms with Gasteiger partial charge in [-0.05, 0) is 0 Å². The SMILES string of the molecule is O=C(O)CCc1cnc2cnccn12. The molecule has 0 saturated carbocycles. The molecule has 0 spiro atoms. The van der Waals surface area contributed by atoms with Gasteiger partial charge in [-0.2, -0.15) is 0 Å². The van der Waals surface area contributed by atoms with E-state index in [0.29, 0.717) is 6.42 Å². The minimum atomic E-state index is -0.797. The summed E-state index contributed by atoms with van der Waals surface area (Å²) in [6, 6.07) is 0. The van der Waals surface area contributed by atoms with Crippen molar-refractivity contribution in [3.63, 3.8) is 0 Å². The predicted octanol–water partition coefficient (Wildman–Crippen LogP) is 0.746. The number of carboxylic acid groups (broad SMARTS) is 1. The Bertz CT molecular complexity index is 464. The van der Waals surface area contributed by atoms with Crippen molar-refractivity contribution in [2.24, 2.45) is 0 Å². The van der Waals surface area contributed by atoms with E-state index in [1.54, 1.807) is 24.8 Å². The van der Waals surface area contributed by atoms with Crippen LogP contribution in [0.4, 0.5) is 0 Å². The maximum absolute atomic E-state index is 10.4. The Kier molecular flexibility index (Phi) is 2.14. The molecule has 0 saturated heterocycles. The highest BCUT2D eigenvalue weighted by Crippen LogP contribution is 2.06. The summed E-state index contributed by atoms with van der Waals surface area (Å²) in [7, 11) is 0. The molecule has 0 bridgehead atoms. The second kappa shape index (κ2) is 3.45. The van der Waals surface area contributed by atoms with E-state index in [1.807, 2.05) is 4.40 Å². The van der Waals surface area contributed by atoms with Crippen LogP contribution in [0.2, 0.25) is 0 Å². The predicted molar refractivity (Wildman–Crippen MR) is 48.9 cm³/mol.